The van der Waals surface area contributed by atoms with Crippen LogP contribution in [0.25, 0.3) is 0 Å². The van der Waals surface area contributed by atoms with Crippen molar-refractivity contribution in [3.8, 4) is 0 Å². The maximum absolute atomic E-state index is 12.2. The van der Waals surface area contributed by atoms with Gasteiger partial charge in [-0.3, -0.25) is 14.9 Å². The molecule has 0 radical (unpaired) electrons. The molecule has 1 aromatic heterocycles. The van der Waals surface area contributed by atoms with Gasteiger partial charge in [0, 0.05) is 12.1 Å². The molecule has 1 aliphatic heterocycles. The fraction of sp³-hybridized carbons (Fsp3) is 0.375. The SMILES string of the molecule is Cc1cc(C)cc(NC(=O)C[C@@H]2Cn3nc(C)nc3NC2=O)c1. The number of amides is 2. The molecular formula is C16H19N5O2. The molecule has 0 spiro atoms. The van der Waals surface area contributed by atoms with Crippen LogP contribution in [0.4, 0.5) is 11.6 Å². The van der Waals surface area contributed by atoms with Gasteiger partial charge in [-0.1, -0.05) is 6.07 Å². The van der Waals surface area contributed by atoms with Crippen molar-refractivity contribution in [3.05, 3.63) is 35.2 Å². The highest BCUT2D eigenvalue weighted by molar-refractivity contribution is 5.98. The molecule has 0 saturated heterocycles. The first-order valence-electron chi connectivity index (χ1n) is 7.51. The van der Waals surface area contributed by atoms with Gasteiger partial charge in [-0.2, -0.15) is 10.1 Å². The standard InChI is InChI=1S/C16H19N5O2/c1-9-4-10(2)6-13(5-9)18-14(22)7-12-8-21-16(19-15(12)23)17-11(3)20-21/h4-6,12H,7-8H2,1-3H3,(H,18,22)(H,17,19,20,23)/t12-/m1/s1. The van der Waals surface area contributed by atoms with Gasteiger partial charge in [0.25, 0.3) is 0 Å². The summed E-state index contributed by atoms with van der Waals surface area (Å²) in [6, 6.07) is 5.86. The Bertz CT molecular complexity index is 761. The number of carbonyl (C=O) groups excluding carboxylic acids is 2. The quantitative estimate of drug-likeness (QED) is 0.904. The molecule has 0 bridgehead atoms. The number of hydrogen-bond donors (Lipinski definition) is 2. The van der Waals surface area contributed by atoms with Crippen LogP contribution in [-0.2, 0) is 16.1 Å². The third-order valence-corrected chi connectivity index (χ3v) is 3.71. The smallest absolute Gasteiger partial charge is 0.232 e. The van der Waals surface area contributed by atoms with Crippen molar-refractivity contribution < 1.29 is 9.59 Å². The number of nitrogens with zero attached hydrogens (tertiary/aromatic N) is 3. The number of rotatable bonds is 3. The van der Waals surface area contributed by atoms with Crippen molar-refractivity contribution in [2.45, 2.75) is 33.7 Å². The van der Waals surface area contributed by atoms with Crippen LogP contribution in [0.2, 0.25) is 0 Å². The van der Waals surface area contributed by atoms with Crippen molar-refractivity contribution in [2.75, 3.05) is 10.6 Å². The topological polar surface area (TPSA) is 88.9 Å². The maximum atomic E-state index is 12.2. The molecule has 7 nitrogen and oxygen atoms in total. The molecule has 0 unspecified atom stereocenters. The van der Waals surface area contributed by atoms with E-state index < -0.39 is 5.92 Å². The summed E-state index contributed by atoms with van der Waals surface area (Å²) in [5.74, 6) is 0.213. The zero-order chi connectivity index (χ0) is 16.6. The number of hydrogen-bond acceptors (Lipinski definition) is 4. The molecular weight excluding hydrogens is 294 g/mol. The first kappa shape index (κ1) is 15.2. The second-order valence-electron chi connectivity index (χ2n) is 5.98. The summed E-state index contributed by atoms with van der Waals surface area (Å²) < 4.78 is 1.63. The third-order valence-electron chi connectivity index (χ3n) is 3.71. The molecule has 3 rings (SSSR count). The van der Waals surface area contributed by atoms with E-state index in [4.69, 9.17) is 0 Å². The number of carbonyl (C=O) groups is 2. The lowest BCUT2D eigenvalue weighted by Gasteiger charge is -2.21. The van der Waals surface area contributed by atoms with E-state index in [1.807, 2.05) is 32.0 Å². The largest absolute Gasteiger partial charge is 0.326 e. The summed E-state index contributed by atoms with van der Waals surface area (Å²) in [7, 11) is 0. The molecule has 1 atom stereocenters. The number of benzene rings is 1. The minimum atomic E-state index is -0.450. The number of aromatic nitrogens is 3. The fourth-order valence-corrected chi connectivity index (χ4v) is 2.82. The van der Waals surface area contributed by atoms with Gasteiger partial charge in [0.05, 0.1) is 12.5 Å². The molecule has 23 heavy (non-hydrogen) atoms. The highest BCUT2D eigenvalue weighted by Crippen LogP contribution is 2.20. The Kier molecular flexibility index (Phi) is 3.85. The van der Waals surface area contributed by atoms with Gasteiger partial charge < -0.3 is 5.32 Å². The van der Waals surface area contributed by atoms with Crippen LogP contribution >= 0.6 is 0 Å². The van der Waals surface area contributed by atoms with Crippen molar-refractivity contribution in [3.63, 3.8) is 0 Å². The normalized spacial score (nSPS) is 16.7. The molecule has 0 aliphatic carbocycles. The summed E-state index contributed by atoms with van der Waals surface area (Å²) in [6.45, 7) is 6.08. The van der Waals surface area contributed by atoms with E-state index in [0.29, 0.717) is 18.3 Å². The van der Waals surface area contributed by atoms with Gasteiger partial charge in [-0.25, -0.2) is 4.68 Å². The number of nitrogens with one attached hydrogen (secondary N) is 2. The molecule has 2 heterocycles. The van der Waals surface area contributed by atoms with Crippen molar-refractivity contribution in [1.29, 1.82) is 0 Å². The van der Waals surface area contributed by atoms with Crippen LogP contribution in [0.5, 0.6) is 0 Å². The van der Waals surface area contributed by atoms with E-state index in [-0.39, 0.29) is 18.2 Å². The molecule has 1 aliphatic rings. The molecule has 7 heteroatoms. The van der Waals surface area contributed by atoms with Crippen molar-refractivity contribution in [1.82, 2.24) is 14.8 Å². The van der Waals surface area contributed by atoms with Gasteiger partial charge in [-0.05, 0) is 44.0 Å². The highest BCUT2D eigenvalue weighted by atomic mass is 16.2. The molecule has 1 aromatic carbocycles. The molecule has 120 valence electrons. The molecule has 0 saturated carbocycles. The van der Waals surface area contributed by atoms with Crippen molar-refractivity contribution >= 4 is 23.5 Å². The van der Waals surface area contributed by atoms with Gasteiger partial charge in [0.1, 0.15) is 5.82 Å². The minimum absolute atomic E-state index is 0.108. The highest BCUT2D eigenvalue weighted by Gasteiger charge is 2.29. The number of anilines is 2. The Balaban J connectivity index is 1.67. The van der Waals surface area contributed by atoms with Crippen LogP contribution in [0, 0.1) is 26.7 Å². The average molecular weight is 313 g/mol. The van der Waals surface area contributed by atoms with E-state index in [2.05, 4.69) is 20.7 Å². The second kappa shape index (κ2) is 5.83. The van der Waals surface area contributed by atoms with Gasteiger partial charge >= 0.3 is 0 Å². The van der Waals surface area contributed by atoms with Gasteiger partial charge in [0.15, 0.2) is 0 Å². The van der Waals surface area contributed by atoms with E-state index in [9.17, 15) is 9.59 Å². The van der Waals surface area contributed by atoms with Crippen LogP contribution in [0.15, 0.2) is 18.2 Å². The average Bonchev–Trinajstić information content (AvgIpc) is 2.76. The predicted octanol–water partition coefficient (Wildman–Crippen LogP) is 1.80. The molecule has 2 N–H and O–H groups in total. The zero-order valence-electron chi connectivity index (χ0n) is 13.4. The Morgan fingerprint density at radius 3 is 2.70 bits per heavy atom. The maximum Gasteiger partial charge on any atom is 0.232 e. The Morgan fingerprint density at radius 2 is 2.00 bits per heavy atom. The van der Waals surface area contributed by atoms with E-state index in [0.717, 1.165) is 16.8 Å². The van der Waals surface area contributed by atoms with Crippen LogP contribution < -0.4 is 10.6 Å². The van der Waals surface area contributed by atoms with Gasteiger partial charge in [-0.15, -0.1) is 0 Å². The Morgan fingerprint density at radius 1 is 1.30 bits per heavy atom. The third kappa shape index (κ3) is 3.39. The van der Waals surface area contributed by atoms with E-state index >= 15 is 0 Å². The van der Waals surface area contributed by atoms with Crippen LogP contribution in [0.1, 0.15) is 23.4 Å². The summed E-state index contributed by atoms with van der Waals surface area (Å²) >= 11 is 0. The second-order valence-corrected chi connectivity index (χ2v) is 5.98. The monoisotopic (exact) mass is 313 g/mol. The lowest BCUT2D eigenvalue weighted by atomic mass is 10.0. The van der Waals surface area contributed by atoms with Crippen molar-refractivity contribution in [2.24, 2.45) is 5.92 Å². The number of fused-ring (bicyclic) bond motifs is 1. The minimum Gasteiger partial charge on any atom is -0.326 e. The predicted molar refractivity (Wildman–Crippen MR) is 86.0 cm³/mol. The zero-order valence-corrected chi connectivity index (χ0v) is 13.4. The van der Waals surface area contributed by atoms with Crippen LogP contribution in [0.3, 0.4) is 0 Å². The van der Waals surface area contributed by atoms with Gasteiger partial charge in [0.2, 0.25) is 17.8 Å². The lowest BCUT2D eigenvalue weighted by Crippen LogP contribution is -2.36. The van der Waals surface area contributed by atoms with Crippen LogP contribution in [-0.4, -0.2) is 26.6 Å². The summed E-state index contributed by atoms with van der Waals surface area (Å²) in [5, 5.41) is 9.75. The summed E-state index contributed by atoms with van der Waals surface area (Å²) in [5.41, 5.74) is 2.91. The summed E-state index contributed by atoms with van der Waals surface area (Å²) in [4.78, 5) is 28.4. The van der Waals surface area contributed by atoms with E-state index in [1.165, 1.54) is 0 Å². The Labute approximate surface area is 134 Å². The van der Waals surface area contributed by atoms with E-state index in [1.54, 1.807) is 11.6 Å². The molecule has 2 amide bonds. The lowest BCUT2D eigenvalue weighted by molar-refractivity contribution is -0.125. The molecule has 2 aromatic rings. The fourth-order valence-electron chi connectivity index (χ4n) is 2.82. The Hall–Kier alpha value is -2.70. The first-order chi connectivity index (χ1) is 10.9. The first-order valence-corrected chi connectivity index (χ1v) is 7.51. The number of aryl methyl sites for hydroxylation is 3. The summed E-state index contributed by atoms with van der Waals surface area (Å²) in [6.07, 6.45) is 0.108. The molecule has 0 fully saturated rings.